The van der Waals surface area contributed by atoms with Crippen LogP contribution in [0.4, 0.5) is 0 Å². The summed E-state index contributed by atoms with van der Waals surface area (Å²) in [5.41, 5.74) is 1.33. The van der Waals surface area contributed by atoms with Crippen molar-refractivity contribution in [3.05, 3.63) is 106 Å². The molecule has 0 fully saturated rings. The quantitative estimate of drug-likeness (QED) is 0.621. The summed E-state index contributed by atoms with van der Waals surface area (Å²) in [6.07, 6.45) is 2.02. The fraction of sp³-hybridized carbons (Fsp3) is 0.136. The van der Waals surface area contributed by atoms with Crippen molar-refractivity contribution in [3.63, 3.8) is 0 Å². The molecule has 0 radical (unpaired) electrons. The molecule has 2 N–H and O–H groups in total. The van der Waals surface area contributed by atoms with Crippen LogP contribution in [-0.4, -0.2) is 23.5 Å². The highest BCUT2D eigenvalue weighted by Gasteiger charge is 2.18. The number of hydrogen-bond acceptors (Lipinski definition) is 4. The first-order valence-corrected chi connectivity index (χ1v) is 8.86. The van der Waals surface area contributed by atoms with Crippen molar-refractivity contribution in [1.29, 1.82) is 0 Å². The third-order valence-electron chi connectivity index (χ3n) is 4.19. The average Bonchev–Trinajstić information content (AvgIpc) is 2.73. The molecule has 1 atom stereocenters. The molecular formula is C22H20N2O4. The van der Waals surface area contributed by atoms with Crippen LogP contribution in [0.1, 0.15) is 27.5 Å². The molecule has 6 nitrogen and oxygen atoms in total. The Morgan fingerprint density at radius 2 is 1.61 bits per heavy atom. The zero-order chi connectivity index (χ0) is 19.8. The highest BCUT2D eigenvalue weighted by atomic mass is 16.5. The average molecular weight is 376 g/mol. The van der Waals surface area contributed by atoms with Crippen molar-refractivity contribution in [3.8, 4) is 0 Å². The summed E-state index contributed by atoms with van der Waals surface area (Å²) in [5.74, 6) is -1.28. The molecule has 2 aromatic carbocycles. The molecule has 0 spiro atoms. The Hall–Kier alpha value is -3.67. The van der Waals surface area contributed by atoms with Gasteiger partial charge in [0.25, 0.3) is 11.5 Å². The minimum absolute atomic E-state index is 0.140. The lowest BCUT2D eigenvalue weighted by Crippen LogP contribution is -2.34. The smallest absolute Gasteiger partial charge is 0.344 e. The zero-order valence-corrected chi connectivity index (χ0v) is 15.1. The maximum Gasteiger partial charge on any atom is 0.344 e. The number of H-pyrrole nitrogens is 1. The normalized spacial score (nSPS) is 11.4. The second-order valence-electron chi connectivity index (χ2n) is 6.21. The fourth-order valence-corrected chi connectivity index (χ4v) is 2.81. The molecule has 0 bridgehead atoms. The van der Waals surface area contributed by atoms with Crippen molar-refractivity contribution >= 4 is 11.9 Å². The lowest BCUT2D eigenvalue weighted by atomic mass is 9.99. The number of benzene rings is 2. The predicted octanol–water partition coefficient (Wildman–Crippen LogP) is 2.63. The van der Waals surface area contributed by atoms with Gasteiger partial charge in [0.05, 0.1) is 6.04 Å². The Bertz CT molecular complexity index is 984. The molecule has 0 saturated heterocycles. The Morgan fingerprint density at radius 1 is 0.929 bits per heavy atom. The molecule has 0 aliphatic heterocycles. The van der Waals surface area contributed by atoms with Crippen molar-refractivity contribution in [2.45, 2.75) is 12.5 Å². The molecule has 0 saturated carbocycles. The van der Waals surface area contributed by atoms with Gasteiger partial charge in [-0.15, -0.1) is 0 Å². The van der Waals surface area contributed by atoms with Gasteiger partial charge in [0, 0.05) is 6.20 Å². The highest BCUT2D eigenvalue weighted by molar-refractivity contribution is 5.90. The predicted molar refractivity (Wildman–Crippen MR) is 105 cm³/mol. The molecular weight excluding hydrogens is 356 g/mol. The zero-order valence-electron chi connectivity index (χ0n) is 15.1. The number of esters is 1. The van der Waals surface area contributed by atoms with E-state index in [1.54, 1.807) is 0 Å². The van der Waals surface area contributed by atoms with E-state index in [9.17, 15) is 14.4 Å². The lowest BCUT2D eigenvalue weighted by molar-refractivity contribution is -0.125. The molecule has 28 heavy (non-hydrogen) atoms. The maximum atomic E-state index is 12.4. The van der Waals surface area contributed by atoms with Crippen LogP contribution in [0.2, 0.25) is 0 Å². The van der Waals surface area contributed by atoms with E-state index in [0.717, 1.165) is 11.1 Å². The number of pyridine rings is 1. The van der Waals surface area contributed by atoms with Crippen LogP contribution in [-0.2, 0) is 16.0 Å². The maximum absolute atomic E-state index is 12.4. The number of carbonyl (C=O) groups is 2. The Balaban J connectivity index is 1.65. The number of carbonyl (C=O) groups excluding carboxylic acids is 2. The summed E-state index contributed by atoms with van der Waals surface area (Å²) in [4.78, 5) is 38.4. The molecule has 142 valence electrons. The summed E-state index contributed by atoms with van der Waals surface area (Å²) in [6.45, 7) is -0.467. The lowest BCUT2D eigenvalue weighted by Gasteiger charge is -2.19. The van der Waals surface area contributed by atoms with E-state index in [4.69, 9.17) is 4.74 Å². The summed E-state index contributed by atoms with van der Waals surface area (Å²) in [5, 5.41) is 2.90. The first kappa shape index (κ1) is 19.1. The minimum Gasteiger partial charge on any atom is -0.452 e. The van der Waals surface area contributed by atoms with Crippen LogP contribution in [0.15, 0.2) is 83.8 Å². The van der Waals surface area contributed by atoms with Gasteiger partial charge in [0.1, 0.15) is 5.56 Å². The summed E-state index contributed by atoms with van der Waals surface area (Å²) >= 11 is 0. The van der Waals surface area contributed by atoms with E-state index < -0.39 is 24.0 Å². The molecule has 0 aliphatic carbocycles. The first-order chi connectivity index (χ1) is 13.6. The highest BCUT2D eigenvalue weighted by Crippen LogP contribution is 2.18. The number of rotatable bonds is 7. The Morgan fingerprint density at radius 3 is 2.29 bits per heavy atom. The van der Waals surface area contributed by atoms with Crippen molar-refractivity contribution in [2.24, 2.45) is 0 Å². The van der Waals surface area contributed by atoms with Crippen LogP contribution in [0.25, 0.3) is 0 Å². The third-order valence-corrected chi connectivity index (χ3v) is 4.19. The van der Waals surface area contributed by atoms with Gasteiger partial charge in [-0.1, -0.05) is 60.7 Å². The molecule has 6 heteroatoms. The summed E-state index contributed by atoms with van der Waals surface area (Å²) in [6, 6.07) is 22.0. The second kappa shape index (κ2) is 9.32. The monoisotopic (exact) mass is 376 g/mol. The number of ether oxygens (including phenoxy) is 1. The Labute approximate surface area is 162 Å². The first-order valence-electron chi connectivity index (χ1n) is 8.86. The van der Waals surface area contributed by atoms with Crippen molar-refractivity contribution < 1.29 is 14.3 Å². The van der Waals surface area contributed by atoms with Gasteiger partial charge in [-0.3, -0.25) is 9.59 Å². The van der Waals surface area contributed by atoms with Crippen LogP contribution in [0.5, 0.6) is 0 Å². The molecule has 1 aromatic heterocycles. The van der Waals surface area contributed by atoms with Crippen LogP contribution < -0.4 is 10.9 Å². The number of hydrogen-bond donors (Lipinski definition) is 2. The fourth-order valence-electron chi connectivity index (χ4n) is 2.81. The van der Waals surface area contributed by atoms with Gasteiger partial charge in [0.15, 0.2) is 6.61 Å². The van der Waals surface area contributed by atoms with Gasteiger partial charge in [0.2, 0.25) is 0 Å². The molecule has 3 aromatic rings. The van der Waals surface area contributed by atoms with Gasteiger partial charge in [-0.25, -0.2) is 4.79 Å². The Kier molecular flexibility index (Phi) is 6.36. The topological polar surface area (TPSA) is 88.3 Å². The minimum atomic E-state index is -0.837. The van der Waals surface area contributed by atoms with E-state index in [2.05, 4.69) is 10.3 Å². The van der Waals surface area contributed by atoms with Crippen LogP contribution >= 0.6 is 0 Å². The standard InChI is InChI=1S/C22H20N2O4/c25-20(15-28-22(27)18-12-7-13-23-21(18)26)24-19(17-10-5-2-6-11-17)14-16-8-3-1-4-9-16/h1-13,19H,14-15H2,(H,23,26)(H,24,25)/t19-/m1/s1. The molecule has 1 heterocycles. The molecule has 3 rings (SSSR count). The van der Waals surface area contributed by atoms with E-state index in [1.807, 2.05) is 60.7 Å². The van der Waals surface area contributed by atoms with Crippen LogP contribution in [0, 0.1) is 0 Å². The summed E-state index contributed by atoms with van der Waals surface area (Å²) < 4.78 is 4.99. The van der Waals surface area contributed by atoms with E-state index >= 15 is 0 Å². The van der Waals surface area contributed by atoms with Crippen LogP contribution in [0.3, 0.4) is 0 Å². The van der Waals surface area contributed by atoms with Gasteiger partial charge >= 0.3 is 5.97 Å². The van der Waals surface area contributed by atoms with Gasteiger partial charge in [-0.2, -0.15) is 0 Å². The largest absolute Gasteiger partial charge is 0.452 e. The van der Waals surface area contributed by atoms with Gasteiger partial charge in [-0.05, 0) is 29.7 Å². The number of aromatic amines is 1. The number of amides is 1. The van der Waals surface area contributed by atoms with Gasteiger partial charge < -0.3 is 15.0 Å². The number of aromatic nitrogens is 1. The van der Waals surface area contributed by atoms with Crippen molar-refractivity contribution in [2.75, 3.05) is 6.61 Å². The third kappa shape index (κ3) is 5.17. The van der Waals surface area contributed by atoms with Crippen molar-refractivity contribution in [1.82, 2.24) is 10.3 Å². The second-order valence-corrected chi connectivity index (χ2v) is 6.21. The summed E-state index contributed by atoms with van der Waals surface area (Å²) in [7, 11) is 0. The molecule has 0 unspecified atom stereocenters. The molecule has 1 amide bonds. The van der Waals surface area contributed by atoms with E-state index in [-0.39, 0.29) is 11.6 Å². The SMILES string of the molecule is O=C(COC(=O)c1ccc[nH]c1=O)N[C@H](Cc1ccccc1)c1ccccc1. The van der Waals surface area contributed by atoms with E-state index in [1.165, 1.54) is 18.3 Å². The molecule has 0 aliphatic rings. The number of nitrogens with one attached hydrogen (secondary N) is 2. The van der Waals surface area contributed by atoms with E-state index in [0.29, 0.717) is 6.42 Å².